The molecule has 2 heterocycles. The third-order valence-corrected chi connectivity index (χ3v) is 3.29. The van der Waals surface area contributed by atoms with Crippen LogP contribution in [0.5, 0.6) is 0 Å². The van der Waals surface area contributed by atoms with Crippen LogP contribution >= 0.6 is 21.6 Å². The predicted molar refractivity (Wildman–Crippen MR) is 39.0 cm³/mol. The van der Waals surface area contributed by atoms with Gasteiger partial charge in [-0.3, -0.25) is 0 Å². The van der Waals surface area contributed by atoms with Crippen molar-refractivity contribution < 1.29 is 9.47 Å². The van der Waals surface area contributed by atoms with Gasteiger partial charge in [0.25, 0.3) is 0 Å². The number of ether oxygens (including phenoxy) is 2. The van der Waals surface area contributed by atoms with E-state index in [1.165, 1.54) is 0 Å². The zero-order valence-electron chi connectivity index (χ0n) is 4.70. The maximum absolute atomic E-state index is 5.35. The third kappa shape index (κ3) is 1.07. The van der Waals surface area contributed by atoms with Gasteiger partial charge < -0.3 is 9.47 Å². The van der Waals surface area contributed by atoms with Crippen LogP contribution in [0.3, 0.4) is 0 Å². The van der Waals surface area contributed by atoms with Gasteiger partial charge in [-0.15, -0.1) is 0 Å². The first-order valence-corrected chi connectivity index (χ1v) is 5.01. The summed E-state index contributed by atoms with van der Waals surface area (Å²) in [6.07, 6.45) is 0. The van der Waals surface area contributed by atoms with Crippen molar-refractivity contribution in [2.24, 2.45) is 0 Å². The van der Waals surface area contributed by atoms with Gasteiger partial charge >= 0.3 is 0 Å². The molecule has 1 unspecified atom stereocenters. The second-order valence-electron chi connectivity index (χ2n) is 1.76. The summed E-state index contributed by atoms with van der Waals surface area (Å²) in [7, 11) is 3.39. The molecule has 0 amide bonds. The normalized spacial score (nSPS) is 32.9. The fourth-order valence-corrected chi connectivity index (χ4v) is 2.87. The molecule has 2 rings (SSSR count). The third-order valence-electron chi connectivity index (χ3n) is 1.16. The van der Waals surface area contributed by atoms with Gasteiger partial charge in [-0.2, -0.15) is 0 Å². The summed E-state index contributed by atoms with van der Waals surface area (Å²) >= 11 is 0. The average molecular weight is 162 g/mol. The summed E-state index contributed by atoms with van der Waals surface area (Å²) in [6.45, 7) is 1.44. The Bertz CT molecular complexity index is 146. The van der Waals surface area contributed by atoms with Crippen LogP contribution in [-0.2, 0) is 9.47 Å². The Balaban J connectivity index is 2.09. The highest BCUT2D eigenvalue weighted by Gasteiger charge is 2.26. The molecule has 0 N–H and O–H groups in total. The Kier molecular flexibility index (Phi) is 1.61. The quantitative estimate of drug-likeness (QED) is 0.503. The first kappa shape index (κ1) is 5.95. The molecule has 2 aliphatic heterocycles. The summed E-state index contributed by atoms with van der Waals surface area (Å²) in [6, 6.07) is 0. The maximum Gasteiger partial charge on any atom is 0.170 e. The summed E-state index contributed by atoms with van der Waals surface area (Å²) in [5.41, 5.74) is 0.184. The van der Waals surface area contributed by atoms with Gasteiger partial charge in [-0.1, -0.05) is 10.8 Å². The molecule has 0 radical (unpaired) electrons. The molecule has 50 valence electrons. The van der Waals surface area contributed by atoms with Crippen molar-refractivity contribution in [3.8, 4) is 0 Å². The molecule has 2 aliphatic rings. The van der Waals surface area contributed by atoms with Crippen molar-refractivity contribution in [3.63, 3.8) is 0 Å². The number of hydrogen-bond acceptors (Lipinski definition) is 4. The molecule has 0 bridgehead atoms. The fraction of sp³-hybridized carbons (Fsp3) is 0.600. The standard InChI is InChI=1S/C5H6O2S2/c1-2-7-5-4(6-1)3-8-9-5/h3,5H,1-2H2. The van der Waals surface area contributed by atoms with E-state index in [9.17, 15) is 0 Å². The SMILES string of the molecule is C1=C2OCCOC2SS1. The van der Waals surface area contributed by atoms with Crippen molar-refractivity contribution in [3.05, 3.63) is 11.2 Å². The van der Waals surface area contributed by atoms with E-state index in [-0.39, 0.29) is 5.44 Å². The van der Waals surface area contributed by atoms with E-state index >= 15 is 0 Å². The van der Waals surface area contributed by atoms with Crippen molar-refractivity contribution in [1.82, 2.24) is 0 Å². The molecule has 4 heteroatoms. The minimum Gasteiger partial charge on any atom is -0.491 e. The van der Waals surface area contributed by atoms with Crippen molar-refractivity contribution in [2.75, 3.05) is 13.2 Å². The molecule has 1 saturated heterocycles. The zero-order valence-corrected chi connectivity index (χ0v) is 6.33. The van der Waals surface area contributed by atoms with E-state index in [2.05, 4.69) is 0 Å². The Hall–Kier alpha value is 0.200. The highest BCUT2D eigenvalue weighted by atomic mass is 33.1. The fourth-order valence-electron chi connectivity index (χ4n) is 0.755. The van der Waals surface area contributed by atoms with E-state index in [0.717, 1.165) is 12.4 Å². The van der Waals surface area contributed by atoms with Gasteiger partial charge in [0, 0.05) is 5.41 Å². The number of fused-ring (bicyclic) bond motifs is 1. The van der Waals surface area contributed by atoms with Crippen molar-refractivity contribution in [2.45, 2.75) is 5.44 Å². The average Bonchev–Trinajstić information content (AvgIpc) is 2.33. The molecule has 0 aromatic heterocycles. The van der Waals surface area contributed by atoms with Crippen LogP contribution in [0.15, 0.2) is 11.2 Å². The minimum absolute atomic E-state index is 0.184. The predicted octanol–water partition coefficient (Wildman–Crippen LogP) is 1.60. The minimum atomic E-state index is 0.184. The Morgan fingerprint density at radius 2 is 2.56 bits per heavy atom. The van der Waals surface area contributed by atoms with E-state index in [0.29, 0.717) is 6.61 Å². The smallest absolute Gasteiger partial charge is 0.170 e. The molecular formula is C5H6O2S2. The molecule has 1 atom stereocenters. The second kappa shape index (κ2) is 2.44. The van der Waals surface area contributed by atoms with E-state index < -0.39 is 0 Å². The Labute approximate surface area is 61.4 Å². The molecular weight excluding hydrogens is 156 g/mol. The molecule has 0 saturated carbocycles. The number of hydrogen-bond donors (Lipinski definition) is 0. The van der Waals surface area contributed by atoms with Crippen molar-refractivity contribution in [1.29, 1.82) is 0 Å². The molecule has 0 aliphatic carbocycles. The molecule has 0 aromatic carbocycles. The lowest BCUT2D eigenvalue weighted by Crippen LogP contribution is -2.21. The zero-order chi connectivity index (χ0) is 6.10. The van der Waals surface area contributed by atoms with Crippen LogP contribution < -0.4 is 0 Å². The van der Waals surface area contributed by atoms with Crippen LogP contribution in [0.25, 0.3) is 0 Å². The van der Waals surface area contributed by atoms with Crippen LogP contribution in [0, 0.1) is 0 Å². The van der Waals surface area contributed by atoms with Crippen LogP contribution in [0.4, 0.5) is 0 Å². The van der Waals surface area contributed by atoms with E-state index in [4.69, 9.17) is 9.47 Å². The van der Waals surface area contributed by atoms with E-state index in [1.54, 1.807) is 21.6 Å². The lowest BCUT2D eigenvalue weighted by Gasteiger charge is -2.20. The van der Waals surface area contributed by atoms with E-state index in [1.807, 2.05) is 5.41 Å². The summed E-state index contributed by atoms with van der Waals surface area (Å²) in [5, 5.41) is 2.01. The highest BCUT2D eigenvalue weighted by Crippen LogP contribution is 2.42. The first-order chi connectivity index (χ1) is 4.47. The van der Waals surface area contributed by atoms with Crippen LogP contribution in [0.2, 0.25) is 0 Å². The Morgan fingerprint density at radius 1 is 1.56 bits per heavy atom. The summed E-state index contributed by atoms with van der Waals surface area (Å²) in [4.78, 5) is 0. The lowest BCUT2D eigenvalue weighted by atomic mass is 10.5. The molecule has 1 fully saturated rings. The van der Waals surface area contributed by atoms with Gasteiger partial charge in [-0.05, 0) is 10.8 Å². The summed E-state index contributed by atoms with van der Waals surface area (Å²) in [5.74, 6) is 0.997. The maximum atomic E-state index is 5.35. The first-order valence-electron chi connectivity index (χ1n) is 2.73. The second-order valence-corrected chi connectivity index (χ2v) is 3.97. The molecule has 2 nitrogen and oxygen atoms in total. The van der Waals surface area contributed by atoms with Gasteiger partial charge in [0.15, 0.2) is 5.44 Å². The Morgan fingerprint density at radius 3 is 3.44 bits per heavy atom. The molecule has 0 spiro atoms. The topological polar surface area (TPSA) is 18.5 Å². The van der Waals surface area contributed by atoms with Crippen LogP contribution in [-0.4, -0.2) is 18.6 Å². The monoisotopic (exact) mass is 162 g/mol. The largest absolute Gasteiger partial charge is 0.491 e. The molecule has 9 heavy (non-hydrogen) atoms. The highest BCUT2D eigenvalue weighted by molar-refractivity contribution is 8.78. The van der Waals surface area contributed by atoms with Crippen molar-refractivity contribution >= 4 is 21.6 Å². The van der Waals surface area contributed by atoms with Gasteiger partial charge in [-0.25, -0.2) is 0 Å². The lowest BCUT2D eigenvalue weighted by molar-refractivity contribution is -0.00127. The van der Waals surface area contributed by atoms with Gasteiger partial charge in [0.1, 0.15) is 12.4 Å². The molecule has 0 aromatic rings. The summed E-state index contributed by atoms with van der Waals surface area (Å²) < 4.78 is 10.6. The number of rotatable bonds is 0. The van der Waals surface area contributed by atoms with Crippen LogP contribution in [0.1, 0.15) is 0 Å². The van der Waals surface area contributed by atoms with Gasteiger partial charge in [0.2, 0.25) is 0 Å². The van der Waals surface area contributed by atoms with Gasteiger partial charge in [0.05, 0.1) is 6.61 Å².